The van der Waals surface area contributed by atoms with Gasteiger partial charge in [0.15, 0.2) is 5.75 Å². The van der Waals surface area contributed by atoms with E-state index in [9.17, 15) is 14.9 Å². The lowest BCUT2D eigenvalue weighted by atomic mass is 9.90. The first-order valence-corrected chi connectivity index (χ1v) is 7.64. The monoisotopic (exact) mass is 337 g/mol. The van der Waals surface area contributed by atoms with E-state index in [2.05, 4.69) is 10.5 Å². The summed E-state index contributed by atoms with van der Waals surface area (Å²) in [7, 11) is 0. The first-order valence-electron chi connectivity index (χ1n) is 7.64. The Labute approximate surface area is 141 Å². The van der Waals surface area contributed by atoms with E-state index >= 15 is 0 Å². The summed E-state index contributed by atoms with van der Waals surface area (Å²) >= 11 is 0. The Morgan fingerprint density at radius 3 is 2.58 bits per heavy atom. The van der Waals surface area contributed by atoms with Crippen molar-refractivity contribution in [3.8, 4) is 5.75 Å². The predicted octanol–water partition coefficient (Wildman–Crippen LogP) is 3.51. The highest BCUT2D eigenvalue weighted by Gasteiger charge is 2.23. The van der Waals surface area contributed by atoms with Crippen LogP contribution in [0.1, 0.15) is 34.1 Å². The summed E-state index contributed by atoms with van der Waals surface area (Å²) in [5.41, 5.74) is -0.117. The van der Waals surface area contributed by atoms with E-state index in [1.165, 1.54) is 12.1 Å². The van der Waals surface area contributed by atoms with Crippen molar-refractivity contribution in [2.45, 2.75) is 34.1 Å². The molecule has 0 aliphatic rings. The zero-order chi connectivity index (χ0) is 18.2. The minimum absolute atomic E-state index is 0.0323. The molecule has 1 amide bonds. The van der Waals surface area contributed by atoms with E-state index in [1.807, 2.05) is 27.7 Å². The SMILES string of the molecule is CCCNC(=O)ON=C(COc1ccccc1[N+](=O)[O-])C(C)(C)C. The highest BCUT2D eigenvalue weighted by Crippen LogP contribution is 2.27. The Hall–Kier alpha value is -2.64. The molecule has 0 radical (unpaired) electrons. The van der Waals surface area contributed by atoms with Crippen LogP contribution in [0.15, 0.2) is 29.4 Å². The standard InChI is InChI=1S/C16H23N3O5/c1-5-10-17-15(20)24-18-14(16(2,3)4)11-23-13-9-7-6-8-12(13)19(21)22/h6-9H,5,10-11H2,1-4H3,(H,17,20). The number of nitrogens with zero attached hydrogens (tertiary/aromatic N) is 2. The predicted molar refractivity (Wildman–Crippen MR) is 90.3 cm³/mol. The number of carbonyl (C=O) groups is 1. The summed E-state index contributed by atoms with van der Waals surface area (Å²) in [5, 5.41) is 17.4. The Bertz CT molecular complexity index is 608. The summed E-state index contributed by atoms with van der Waals surface area (Å²) in [6.07, 6.45) is 0.135. The molecule has 8 nitrogen and oxygen atoms in total. The van der Waals surface area contributed by atoms with Gasteiger partial charge in [0.1, 0.15) is 12.3 Å². The summed E-state index contributed by atoms with van der Waals surface area (Å²) in [6.45, 7) is 8.01. The number of oxime groups is 1. The summed E-state index contributed by atoms with van der Waals surface area (Å²) in [5.74, 6) is 0.134. The van der Waals surface area contributed by atoms with Crippen molar-refractivity contribution in [3.63, 3.8) is 0 Å². The lowest BCUT2D eigenvalue weighted by molar-refractivity contribution is -0.385. The quantitative estimate of drug-likeness (QED) is 0.355. The number of benzene rings is 1. The molecule has 0 aliphatic heterocycles. The number of rotatable bonds is 7. The number of nitro groups is 1. The van der Waals surface area contributed by atoms with E-state index in [1.54, 1.807) is 12.1 Å². The van der Waals surface area contributed by atoms with Crippen LogP contribution in [0.3, 0.4) is 0 Å². The molecule has 24 heavy (non-hydrogen) atoms. The molecule has 8 heteroatoms. The van der Waals surface area contributed by atoms with Gasteiger partial charge in [-0.3, -0.25) is 15.0 Å². The maximum absolute atomic E-state index is 11.5. The van der Waals surface area contributed by atoms with Gasteiger partial charge in [0.25, 0.3) is 0 Å². The van der Waals surface area contributed by atoms with Crippen molar-refractivity contribution in [1.29, 1.82) is 0 Å². The fourth-order valence-electron chi connectivity index (χ4n) is 1.61. The van der Waals surface area contributed by atoms with Crippen molar-refractivity contribution in [2.75, 3.05) is 13.2 Å². The van der Waals surface area contributed by atoms with Gasteiger partial charge < -0.3 is 10.1 Å². The van der Waals surface area contributed by atoms with Crippen LogP contribution in [0.2, 0.25) is 0 Å². The second-order valence-electron chi connectivity index (χ2n) is 6.11. The van der Waals surface area contributed by atoms with Crippen LogP contribution in [-0.2, 0) is 4.84 Å². The molecular formula is C16H23N3O5. The van der Waals surface area contributed by atoms with Crippen LogP contribution < -0.4 is 10.1 Å². The Morgan fingerprint density at radius 1 is 1.33 bits per heavy atom. The Morgan fingerprint density at radius 2 is 2.00 bits per heavy atom. The molecule has 0 bridgehead atoms. The van der Waals surface area contributed by atoms with Crippen LogP contribution in [0.4, 0.5) is 10.5 Å². The largest absolute Gasteiger partial charge is 0.480 e. The van der Waals surface area contributed by atoms with E-state index < -0.39 is 16.4 Å². The number of nitro benzene ring substituents is 1. The molecule has 0 saturated carbocycles. The number of hydrogen-bond donors (Lipinski definition) is 1. The summed E-state index contributed by atoms with van der Waals surface area (Å²) < 4.78 is 5.52. The minimum Gasteiger partial charge on any atom is -0.480 e. The number of hydrogen-bond acceptors (Lipinski definition) is 6. The number of carbonyl (C=O) groups excluding carboxylic acids is 1. The number of para-hydroxylation sites is 2. The Balaban J connectivity index is 2.81. The average molecular weight is 337 g/mol. The van der Waals surface area contributed by atoms with Gasteiger partial charge in [-0.15, -0.1) is 0 Å². The van der Waals surface area contributed by atoms with Crippen LogP contribution in [0, 0.1) is 15.5 Å². The van der Waals surface area contributed by atoms with E-state index in [0.717, 1.165) is 6.42 Å². The molecule has 0 fully saturated rings. The number of amides is 1. The van der Waals surface area contributed by atoms with Crippen LogP contribution in [0.25, 0.3) is 0 Å². The topological polar surface area (TPSA) is 103 Å². The van der Waals surface area contributed by atoms with Crippen molar-refractivity contribution < 1.29 is 19.3 Å². The highest BCUT2D eigenvalue weighted by molar-refractivity contribution is 5.90. The van der Waals surface area contributed by atoms with Gasteiger partial charge in [0.2, 0.25) is 0 Å². The van der Waals surface area contributed by atoms with Gasteiger partial charge >= 0.3 is 11.8 Å². The number of nitrogens with one attached hydrogen (secondary N) is 1. The molecular weight excluding hydrogens is 314 g/mol. The van der Waals surface area contributed by atoms with Gasteiger partial charge in [-0.05, 0) is 12.5 Å². The lowest BCUT2D eigenvalue weighted by Gasteiger charge is -2.20. The molecule has 132 valence electrons. The molecule has 0 heterocycles. The second kappa shape index (κ2) is 8.85. The maximum Gasteiger partial charge on any atom is 0.433 e. The molecule has 1 aromatic rings. The minimum atomic E-state index is -0.649. The smallest absolute Gasteiger partial charge is 0.433 e. The van der Waals surface area contributed by atoms with Crippen molar-refractivity contribution >= 4 is 17.5 Å². The maximum atomic E-state index is 11.5. The normalized spacial score (nSPS) is 11.8. The van der Waals surface area contributed by atoms with Crippen LogP contribution >= 0.6 is 0 Å². The fourth-order valence-corrected chi connectivity index (χ4v) is 1.61. The first-order chi connectivity index (χ1) is 11.3. The molecule has 0 atom stereocenters. The van der Waals surface area contributed by atoms with Gasteiger partial charge in [-0.2, -0.15) is 0 Å². The van der Waals surface area contributed by atoms with E-state index in [4.69, 9.17) is 9.57 Å². The van der Waals surface area contributed by atoms with Gasteiger partial charge in [0, 0.05) is 18.0 Å². The van der Waals surface area contributed by atoms with Crippen LogP contribution in [-0.4, -0.2) is 29.9 Å². The molecule has 1 aromatic carbocycles. The zero-order valence-corrected chi connectivity index (χ0v) is 14.4. The third kappa shape index (κ3) is 6.23. The van der Waals surface area contributed by atoms with Gasteiger partial charge in [0.05, 0.1) is 4.92 Å². The van der Waals surface area contributed by atoms with E-state index in [0.29, 0.717) is 12.3 Å². The molecule has 0 spiro atoms. The molecule has 1 N–H and O–H groups in total. The van der Waals surface area contributed by atoms with Crippen molar-refractivity contribution in [1.82, 2.24) is 5.32 Å². The first kappa shape index (κ1) is 19.4. The third-order valence-electron chi connectivity index (χ3n) is 3.05. The van der Waals surface area contributed by atoms with Crippen molar-refractivity contribution in [3.05, 3.63) is 34.4 Å². The van der Waals surface area contributed by atoms with Gasteiger partial charge in [-0.25, -0.2) is 4.79 Å². The lowest BCUT2D eigenvalue weighted by Crippen LogP contribution is -2.29. The highest BCUT2D eigenvalue weighted by atomic mass is 16.7. The molecule has 0 aromatic heterocycles. The van der Waals surface area contributed by atoms with Gasteiger partial charge in [-0.1, -0.05) is 45.0 Å². The van der Waals surface area contributed by atoms with Crippen LogP contribution in [0.5, 0.6) is 5.75 Å². The second-order valence-corrected chi connectivity index (χ2v) is 6.11. The summed E-state index contributed by atoms with van der Waals surface area (Å²) in [6, 6.07) is 6.07. The molecule has 1 rings (SSSR count). The fraction of sp³-hybridized carbons (Fsp3) is 0.500. The van der Waals surface area contributed by atoms with Crippen molar-refractivity contribution in [2.24, 2.45) is 10.6 Å². The number of ether oxygens (including phenoxy) is 1. The molecule has 0 aliphatic carbocycles. The average Bonchev–Trinajstić information content (AvgIpc) is 2.51. The summed E-state index contributed by atoms with van der Waals surface area (Å²) in [4.78, 5) is 26.8. The zero-order valence-electron chi connectivity index (χ0n) is 14.4. The molecule has 0 unspecified atom stereocenters. The molecule has 0 saturated heterocycles. The third-order valence-corrected chi connectivity index (χ3v) is 3.05. The van der Waals surface area contributed by atoms with E-state index in [-0.39, 0.29) is 18.0 Å². The Kier molecular flexibility index (Phi) is 7.16.